The molecule has 1 aromatic heterocycles. The Bertz CT molecular complexity index is 991. The lowest BCUT2D eigenvalue weighted by molar-refractivity contribution is -0.113. The molecular weight excluding hydrogens is 484 g/mol. The molecule has 3 aromatic rings. The first-order valence-electron chi connectivity index (χ1n) is 9.45. The predicted octanol–water partition coefficient (Wildman–Crippen LogP) is 5.63. The summed E-state index contributed by atoms with van der Waals surface area (Å²) in [7, 11) is 0. The zero-order valence-electron chi connectivity index (χ0n) is 16.4. The molecule has 0 aliphatic heterocycles. The van der Waals surface area contributed by atoms with E-state index in [0.717, 1.165) is 29.4 Å². The van der Waals surface area contributed by atoms with Gasteiger partial charge in [0.1, 0.15) is 0 Å². The van der Waals surface area contributed by atoms with Crippen molar-refractivity contribution in [2.75, 3.05) is 16.4 Å². The van der Waals surface area contributed by atoms with Crippen molar-refractivity contribution in [1.29, 1.82) is 0 Å². The Labute approximate surface area is 192 Å². The Kier molecular flexibility index (Phi) is 8.41. The highest BCUT2D eigenvalue weighted by Crippen LogP contribution is 2.26. The maximum absolute atomic E-state index is 12.2. The summed E-state index contributed by atoms with van der Waals surface area (Å²) in [4.78, 5) is 24.4. The van der Waals surface area contributed by atoms with Crippen LogP contribution in [0.25, 0.3) is 0 Å². The number of hydrogen-bond acceptors (Lipinski definition) is 6. The minimum absolute atomic E-state index is 0.114. The molecule has 1 heterocycles. The summed E-state index contributed by atoms with van der Waals surface area (Å²) in [5, 5.41) is 14.0. The maximum atomic E-state index is 12.2. The van der Waals surface area contributed by atoms with Crippen LogP contribution < -0.4 is 10.6 Å². The van der Waals surface area contributed by atoms with Crippen LogP contribution in [0.15, 0.2) is 57.3 Å². The van der Waals surface area contributed by atoms with Crippen LogP contribution in [0.1, 0.15) is 35.7 Å². The van der Waals surface area contributed by atoms with Crippen molar-refractivity contribution in [3.63, 3.8) is 0 Å². The van der Waals surface area contributed by atoms with Crippen molar-refractivity contribution in [2.24, 2.45) is 0 Å². The Morgan fingerprint density at radius 1 is 1.03 bits per heavy atom. The van der Waals surface area contributed by atoms with E-state index in [2.05, 4.69) is 43.7 Å². The fourth-order valence-corrected chi connectivity index (χ4v) is 4.36. The van der Waals surface area contributed by atoms with E-state index in [1.54, 1.807) is 24.3 Å². The van der Waals surface area contributed by atoms with E-state index >= 15 is 0 Å². The van der Waals surface area contributed by atoms with Gasteiger partial charge in [-0.05, 0) is 54.8 Å². The fraction of sp³-hybridized carbons (Fsp3) is 0.238. The standard InChI is InChI=1S/C21H21BrN4O2S2/c1-2-3-4-14-5-11-17(12-6-14)23-18(27)13-29-21-26-25-20(30-21)24-19(28)15-7-9-16(22)10-8-15/h5-12H,2-4,13H2,1H3,(H,23,27)(H,24,25,28). The normalized spacial score (nSPS) is 10.6. The minimum atomic E-state index is -0.254. The van der Waals surface area contributed by atoms with Crippen LogP contribution in [-0.4, -0.2) is 27.8 Å². The van der Waals surface area contributed by atoms with Crippen LogP contribution in [-0.2, 0) is 11.2 Å². The number of carbonyl (C=O) groups excluding carboxylic acids is 2. The molecular formula is C21H21BrN4O2S2. The van der Waals surface area contributed by atoms with Crippen LogP contribution in [0.2, 0.25) is 0 Å². The van der Waals surface area contributed by atoms with Gasteiger partial charge in [0.05, 0.1) is 5.75 Å². The SMILES string of the molecule is CCCCc1ccc(NC(=O)CSc2nnc(NC(=O)c3ccc(Br)cc3)s2)cc1. The third-order valence-corrected chi connectivity index (χ3v) is 6.62. The topological polar surface area (TPSA) is 84.0 Å². The molecule has 156 valence electrons. The average molecular weight is 505 g/mol. The lowest BCUT2D eigenvalue weighted by Gasteiger charge is -2.05. The van der Waals surface area contributed by atoms with Crippen molar-refractivity contribution in [1.82, 2.24) is 10.2 Å². The van der Waals surface area contributed by atoms with Crippen LogP contribution >= 0.6 is 39.0 Å². The molecule has 0 unspecified atom stereocenters. The molecule has 0 atom stereocenters. The molecule has 2 aromatic carbocycles. The van der Waals surface area contributed by atoms with E-state index in [0.29, 0.717) is 15.0 Å². The first-order valence-corrected chi connectivity index (χ1v) is 12.0. The summed E-state index contributed by atoms with van der Waals surface area (Å²) in [5.41, 5.74) is 2.58. The molecule has 0 radical (unpaired) electrons. The molecule has 0 aliphatic rings. The van der Waals surface area contributed by atoms with E-state index in [4.69, 9.17) is 0 Å². The number of nitrogens with zero attached hydrogens (tertiary/aromatic N) is 2. The molecule has 0 saturated heterocycles. The second-order valence-corrected chi connectivity index (χ2v) is 9.59. The number of rotatable bonds is 9. The highest BCUT2D eigenvalue weighted by Gasteiger charge is 2.12. The van der Waals surface area contributed by atoms with E-state index in [1.165, 1.54) is 28.7 Å². The van der Waals surface area contributed by atoms with Gasteiger partial charge in [0.15, 0.2) is 4.34 Å². The van der Waals surface area contributed by atoms with Gasteiger partial charge in [-0.3, -0.25) is 14.9 Å². The molecule has 2 amide bonds. The summed E-state index contributed by atoms with van der Waals surface area (Å²) in [6.07, 6.45) is 3.38. The number of hydrogen-bond donors (Lipinski definition) is 2. The van der Waals surface area contributed by atoms with Gasteiger partial charge < -0.3 is 5.32 Å². The summed E-state index contributed by atoms with van der Waals surface area (Å²) >= 11 is 5.86. The third-order valence-electron chi connectivity index (χ3n) is 4.12. The van der Waals surface area contributed by atoms with E-state index in [9.17, 15) is 9.59 Å². The molecule has 9 heteroatoms. The Hall–Kier alpha value is -2.23. The van der Waals surface area contributed by atoms with Gasteiger partial charge in [-0.25, -0.2) is 0 Å². The number of unbranched alkanes of at least 4 members (excludes halogenated alkanes) is 1. The Morgan fingerprint density at radius 2 is 1.77 bits per heavy atom. The van der Waals surface area contributed by atoms with E-state index < -0.39 is 0 Å². The molecule has 0 aliphatic carbocycles. The highest BCUT2D eigenvalue weighted by molar-refractivity contribution is 9.10. The van der Waals surface area contributed by atoms with Gasteiger partial charge in [0, 0.05) is 15.7 Å². The number of anilines is 2. The van der Waals surface area contributed by atoms with Crippen molar-refractivity contribution in [3.8, 4) is 0 Å². The van der Waals surface area contributed by atoms with Crippen LogP contribution in [0.4, 0.5) is 10.8 Å². The van der Waals surface area contributed by atoms with E-state index in [-0.39, 0.29) is 17.6 Å². The smallest absolute Gasteiger partial charge is 0.257 e. The number of carbonyl (C=O) groups is 2. The lowest BCUT2D eigenvalue weighted by Crippen LogP contribution is -2.13. The van der Waals surface area contributed by atoms with Gasteiger partial charge in [-0.1, -0.05) is 64.5 Å². The molecule has 0 bridgehead atoms. The average Bonchev–Trinajstić information content (AvgIpc) is 3.19. The molecule has 30 heavy (non-hydrogen) atoms. The fourth-order valence-electron chi connectivity index (χ4n) is 2.55. The minimum Gasteiger partial charge on any atom is -0.325 e. The maximum Gasteiger partial charge on any atom is 0.257 e. The zero-order chi connectivity index (χ0) is 21.3. The second kappa shape index (κ2) is 11.2. The Balaban J connectivity index is 1.46. The number of aromatic nitrogens is 2. The summed E-state index contributed by atoms with van der Waals surface area (Å²) in [6.45, 7) is 2.17. The van der Waals surface area contributed by atoms with Gasteiger partial charge in [0.2, 0.25) is 11.0 Å². The third kappa shape index (κ3) is 6.93. The van der Waals surface area contributed by atoms with Crippen molar-refractivity contribution in [2.45, 2.75) is 30.5 Å². The van der Waals surface area contributed by atoms with Crippen molar-refractivity contribution < 1.29 is 9.59 Å². The van der Waals surface area contributed by atoms with Crippen LogP contribution in [0, 0.1) is 0 Å². The number of nitrogens with one attached hydrogen (secondary N) is 2. The first kappa shape index (κ1) is 22.5. The predicted molar refractivity (Wildman–Crippen MR) is 126 cm³/mol. The summed E-state index contributed by atoms with van der Waals surface area (Å²) in [5.74, 6) is -0.153. The van der Waals surface area contributed by atoms with Crippen LogP contribution in [0.3, 0.4) is 0 Å². The van der Waals surface area contributed by atoms with Crippen LogP contribution in [0.5, 0.6) is 0 Å². The van der Waals surface area contributed by atoms with Crippen molar-refractivity contribution in [3.05, 3.63) is 64.1 Å². The molecule has 2 N–H and O–H groups in total. The number of aryl methyl sites for hydroxylation is 1. The lowest BCUT2D eigenvalue weighted by atomic mass is 10.1. The Morgan fingerprint density at radius 3 is 2.47 bits per heavy atom. The van der Waals surface area contributed by atoms with Gasteiger partial charge in [-0.2, -0.15) is 0 Å². The molecule has 3 rings (SSSR count). The number of amides is 2. The van der Waals surface area contributed by atoms with Gasteiger partial charge >= 0.3 is 0 Å². The van der Waals surface area contributed by atoms with Gasteiger partial charge in [0.25, 0.3) is 5.91 Å². The van der Waals surface area contributed by atoms with Crippen molar-refractivity contribution >= 4 is 61.7 Å². The van der Waals surface area contributed by atoms with E-state index in [1.807, 2.05) is 24.3 Å². The number of benzene rings is 2. The quantitative estimate of drug-likeness (QED) is 0.291. The summed E-state index contributed by atoms with van der Waals surface area (Å²) < 4.78 is 1.52. The molecule has 0 fully saturated rings. The molecule has 0 spiro atoms. The number of halogens is 1. The molecule has 0 saturated carbocycles. The zero-order valence-corrected chi connectivity index (χ0v) is 19.6. The largest absolute Gasteiger partial charge is 0.325 e. The summed E-state index contributed by atoms with van der Waals surface area (Å²) in [6, 6.07) is 15.0. The monoisotopic (exact) mass is 504 g/mol. The first-order chi connectivity index (χ1) is 14.5. The molecule has 6 nitrogen and oxygen atoms in total. The highest BCUT2D eigenvalue weighted by atomic mass is 79.9. The second-order valence-electron chi connectivity index (χ2n) is 6.47. The number of thioether (sulfide) groups is 1. The van der Waals surface area contributed by atoms with Gasteiger partial charge in [-0.15, -0.1) is 10.2 Å².